The molecule has 0 bridgehead atoms. The summed E-state index contributed by atoms with van der Waals surface area (Å²) in [6, 6.07) is 0. The topological polar surface area (TPSA) is 175 Å². The zero-order valence-electron chi connectivity index (χ0n) is 20.1. The Kier molecular flexibility index (Phi) is 20.9. The standard InChI is InChI=1S/C21H43N7O3.BH2O/c22-7-10-24-15-18(16-25-11-8-23)14-20(30)26-9-3-1-2-6-19(29)27-17-21(31)28-12-4-5-13-28;1-2/h18,24-25H,1-17,22-23H2,(H,26,30)(H,27,29);1-2H. The summed E-state index contributed by atoms with van der Waals surface area (Å²) in [4.78, 5) is 37.8. The molecule has 1 saturated heterocycles. The highest BCUT2D eigenvalue weighted by Crippen LogP contribution is 2.07. The van der Waals surface area contributed by atoms with Crippen LogP contribution in [0.15, 0.2) is 0 Å². The summed E-state index contributed by atoms with van der Waals surface area (Å²) in [6.07, 6.45) is 5.38. The number of hydrogen-bond donors (Lipinski definition) is 7. The molecule has 11 nitrogen and oxygen atoms in total. The first kappa shape index (κ1) is 31.3. The van der Waals surface area contributed by atoms with E-state index in [0.29, 0.717) is 32.5 Å². The van der Waals surface area contributed by atoms with Gasteiger partial charge in [-0.2, -0.15) is 0 Å². The van der Waals surface area contributed by atoms with Crippen LogP contribution in [-0.2, 0) is 14.4 Å². The van der Waals surface area contributed by atoms with Gasteiger partial charge < -0.3 is 42.7 Å². The van der Waals surface area contributed by atoms with Gasteiger partial charge in [0.05, 0.1) is 6.54 Å². The smallest absolute Gasteiger partial charge is 0.266 e. The number of nitrogens with zero attached hydrogens (tertiary/aromatic N) is 1. The second kappa shape index (κ2) is 22.1. The molecular formula is C21H45BN7O4. The minimum absolute atomic E-state index is 0.00308. The van der Waals surface area contributed by atoms with Crippen LogP contribution in [-0.4, -0.2) is 101 Å². The molecule has 0 aromatic rings. The molecule has 191 valence electrons. The van der Waals surface area contributed by atoms with E-state index >= 15 is 0 Å². The Labute approximate surface area is 199 Å². The van der Waals surface area contributed by atoms with E-state index in [4.69, 9.17) is 16.5 Å². The lowest BCUT2D eigenvalue weighted by Crippen LogP contribution is -2.38. The summed E-state index contributed by atoms with van der Waals surface area (Å²) in [5, 5.41) is 18.9. The molecule has 1 rings (SSSR count). The van der Waals surface area contributed by atoms with Gasteiger partial charge in [-0.1, -0.05) is 6.42 Å². The second-order valence-electron chi connectivity index (χ2n) is 8.08. The third-order valence-electron chi connectivity index (χ3n) is 5.28. The number of carbonyl (C=O) groups excluding carboxylic acids is 3. The van der Waals surface area contributed by atoms with Gasteiger partial charge in [-0.05, 0) is 44.7 Å². The number of amides is 3. The number of hydrogen-bond acceptors (Lipinski definition) is 8. The van der Waals surface area contributed by atoms with Crippen LogP contribution in [0.25, 0.3) is 0 Å². The average molecular weight is 470 g/mol. The number of rotatable bonds is 18. The largest absolute Gasteiger partial charge is 0.459 e. The van der Waals surface area contributed by atoms with Gasteiger partial charge in [-0.15, -0.1) is 0 Å². The Morgan fingerprint density at radius 2 is 1.45 bits per heavy atom. The van der Waals surface area contributed by atoms with Crippen LogP contribution in [0.3, 0.4) is 0 Å². The predicted molar refractivity (Wildman–Crippen MR) is 132 cm³/mol. The zero-order chi connectivity index (χ0) is 24.7. The predicted octanol–water partition coefficient (Wildman–Crippen LogP) is -2.70. The van der Waals surface area contributed by atoms with Gasteiger partial charge in [-0.25, -0.2) is 0 Å². The van der Waals surface area contributed by atoms with E-state index in [1.54, 1.807) is 4.90 Å². The Balaban J connectivity index is 0.00000497. The highest BCUT2D eigenvalue weighted by atomic mass is 16.2. The Morgan fingerprint density at radius 3 is 2.03 bits per heavy atom. The molecule has 9 N–H and O–H groups in total. The molecule has 33 heavy (non-hydrogen) atoms. The van der Waals surface area contributed by atoms with Crippen molar-refractivity contribution in [2.75, 3.05) is 65.4 Å². The molecular weight excluding hydrogens is 425 g/mol. The third-order valence-corrected chi connectivity index (χ3v) is 5.28. The van der Waals surface area contributed by atoms with E-state index in [0.717, 1.165) is 71.4 Å². The maximum atomic E-state index is 12.2. The lowest BCUT2D eigenvalue weighted by atomic mass is 10.0. The fourth-order valence-corrected chi connectivity index (χ4v) is 3.52. The van der Waals surface area contributed by atoms with Crippen molar-refractivity contribution in [3.63, 3.8) is 0 Å². The Morgan fingerprint density at radius 1 is 0.848 bits per heavy atom. The molecule has 0 aromatic heterocycles. The van der Waals surface area contributed by atoms with Gasteiger partial charge in [0, 0.05) is 58.7 Å². The first-order valence-corrected chi connectivity index (χ1v) is 12.0. The lowest BCUT2D eigenvalue weighted by molar-refractivity contribution is -0.132. The molecule has 0 atom stereocenters. The van der Waals surface area contributed by atoms with Crippen LogP contribution < -0.4 is 32.7 Å². The van der Waals surface area contributed by atoms with Crippen LogP contribution in [0.4, 0.5) is 0 Å². The molecule has 0 aromatic carbocycles. The summed E-state index contributed by atoms with van der Waals surface area (Å²) in [5.41, 5.74) is 11.0. The van der Waals surface area contributed by atoms with E-state index in [1.807, 2.05) is 0 Å². The number of likely N-dealkylation sites (tertiary alicyclic amines) is 1. The molecule has 12 heteroatoms. The van der Waals surface area contributed by atoms with Gasteiger partial charge in [-0.3, -0.25) is 14.4 Å². The normalized spacial score (nSPS) is 12.9. The summed E-state index contributed by atoms with van der Waals surface area (Å²) in [5.74, 6) is 0.134. The molecule has 3 amide bonds. The first-order valence-electron chi connectivity index (χ1n) is 12.0. The zero-order valence-corrected chi connectivity index (χ0v) is 20.1. The summed E-state index contributed by atoms with van der Waals surface area (Å²) < 4.78 is 0. The minimum atomic E-state index is -0.0885. The Hall–Kier alpha value is -1.73. The van der Waals surface area contributed by atoms with Gasteiger partial charge in [0.2, 0.25) is 17.7 Å². The number of nitrogens with one attached hydrogen (secondary N) is 4. The van der Waals surface area contributed by atoms with Crippen molar-refractivity contribution in [3.8, 4) is 0 Å². The van der Waals surface area contributed by atoms with Crippen LogP contribution >= 0.6 is 0 Å². The summed E-state index contributed by atoms with van der Waals surface area (Å²) >= 11 is 0. The van der Waals surface area contributed by atoms with Gasteiger partial charge >= 0.3 is 0 Å². The van der Waals surface area contributed by atoms with Crippen molar-refractivity contribution in [1.29, 1.82) is 0 Å². The van der Waals surface area contributed by atoms with Gasteiger partial charge in [0.25, 0.3) is 8.05 Å². The molecule has 0 spiro atoms. The average Bonchev–Trinajstić information content (AvgIpc) is 3.36. The number of unbranched alkanes of at least 4 members (excludes halogenated alkanes) is 2. The highest BCUT2D eigenvalue weighted by molar-refractivity contribution is 5.95. The van der Waals surface area contributed by atoms with Crippen LogP contribution in [0.1, 0.15) is 44.9 Å². The van der Waals surface area contributed by atoms with E-state index in [1.165, 1.54) is 0 Å². The van der Waals surface area contributed by atoms with E-state index < -0.39 is 0 Å². The monoisotopic (exact) mass is 470 g/mol. The molecule has 1 fully saturated rings. The quantitative estimate of drug-likeness (QED) is 0.0837. The molecule has 1 radical (unpaired) electrons. The fraction of sp³-hybridized carbons (Fsp3) is 0.857. The molecule has 0 unspecified atom stereocenters. The highest BCUT2D eigenvalue weighted by Gasteiger charge is 2.18. The lowest BCUT2D eigenvalue weighted by Gasteiger charge is -2.18. The molecule has 1 aliphatic rings. The van der Waals surface area contributed by atoms with Crippen molar-refractivity contribution in [3.05, 3.63) is 0 Å². The molecule has 0 saturated carbocycles. The molecule has 1 heterocycles. The van der Waals surface area contributed by atoms with E-state index in [2.05, 4.69) is 29.3 Å². The minimum Gasteiger partial charge on any atom is -0.459 e. The summed E-state index contributed by atoms with van der Waals surface area (Å²) in [6.45, 7) is 6.37. The third kappa shape index (κ3) is 17.4. The second-order valence-corrected chi connectivity index (χ2v) is 8.08. The number of carbonyl (C=O) groups is 3. The van der Waals surface area contributed by atoms with E-state index in [9.17, 15) is 14.4 Å². The van der Waals surface area contributed by atoms with Gasteiger partial charge in [0.15, 0.2) is 0 Å². The van der Waals surface area contributed by atoms with Crippen molar-refractivity contribution in [1.82, 2.24) is 26.2 Å². The maximum Gasteiger partial charge on any atom is 0.266 e. The van der Waals surface area contributed by atoms with Crippen LogP contribution in [0.2, 0.25) is 0 Å². The first-order chi connectivity index (χ1) is 16.1. The fourth-order valence-electron chi connectivity index (χ4n) is 3.52. The molecule has 0 aliphatic carbocycles. The van der Waals surface area contributed by atoms with Crippen molar-refractivity contribution >= 4 is 25.8 Å². The number of nitrogens with two attached hydrogens (primary N) is 2. The molecule has 1 aliphatic heterocycles. The summed E-state index contributed by atoms with van der Waals surface area (Å²) in [7, 11) is 2.25. The van der Waals surface area contributed by atoms with Crippen molar-refractivity contribution in [2.24, 2.45) is 17.4 Å². The maximum absolute atomic E-state index is 12.2. The van der Waals surface area contributed by atoms with Gasteiger partial charge in [0.1, 0.15) is 0 Å². The van der Waals surface area contributed by atoms with Crippen molar-refractivity contribution < 1.29 is 19.4 Å². The van der Waals surface area contributed by atoms with Crippen LogP contribution in [0, 0.1) is 5.92 Å². The van der Waals surface area contributed by atoms with Crippen LogP contribution in [0.5, 0.6) is 0 Å². The van der Waals surface area contributed by atoms with E-state index in [-0.39, 0.29) is 30.2 Å². The Bertz CT molecular complexity index is 513. The van der Waals surface area contributed by atoms with Crippen molar-refractivity contribution in [2.45, 2.75) is 44.9 Å². The SMILES string of the molecule is NCCNCC(CNCCN)CC(=O)NCCCCCC(=O)NCC(=O)N1CCCC1.[BH]O.